The van der Waals surface area contributed by atoms with Crippen LogP contribution in [-0.2, 0) is 11.2 Å². The van der Waals surface area contributed by atoms with Crippen LogP contribution in [0.1, 0.15) is 39.4 Å². The molecule has 0 bridgehead atoms. The highest BCUT2D eigenvalue weighted by Gasteiger charge is 2.18. The molecule has 0 fully saturated rings. The minimum Gasteiger partial charge on any atom is -0.383 e. The highest BCUT2D eigenvalue weighted by atomic mass is 16.5. The summed E-state index contributed by atoms with van der Waals surface area (Å²) in [4.78, 5) is 11.3. The zero-order valence-electron chi connectivity index (χ0n) is 13.0. The molecule has 0 unspecified atom stereocenters. The van der Waals surface area contributed by atoms with Crippen LogP contribution < -0.4 is 16.2 Å². The summed E-state index contributed by atoms with van der Waals surface area (Å²) >= 11 is 0. The molecule has 3 N–H and O–H groups in total. The molecule has 0 spiro atoms. The van der Waals surface area contributed by atoms with E-state index in [-0.39, 0.29) is 0 Å². The molecule has 0 aliphatic rings. The summed E-state index contributed by atoms with van der Waals surface area (Å²) in [5, 5.41) is 0. The van der Waals surface area contributed by atoms with E-state index in [0.29, 0.717) is 18.5 Å². The lowest BCUT2D eigenvalue weighted by molar-refractivity contribution is 0.202. The van der Waals surface area contributed by atoms with Crippen LogP contribution in [-0.4, -0.2) is 36.3 Å². The summed E-state index contributed by atoms with van der Waals surface area (Å²) in [6.07, 6.45) is 2.91. The summed E-state index contributed by atoms with van der Waals surface area (Å²) in [6, 6.07) is 2.34. The molecule has 0 aliphatic carbocycles. The number of aromatic nitrogens is 2. The Morgan fingerprint density at radius 2 is 2.00 bits per heavy atom. The van der Waals surface area contributed by atoms with Gasteiger partial charge in [0, 0.05) is 32.2 Å². The van der Waals surface area contributed by atoms with E-state index in [1.54, 1.807) is 7.11 Å². The minimum absolute atomic E-state index is 0.440. The lowest BCUT2D eigenvalue weighted by Crippen LogP contribution is -2.38. The lowest BCUT2D eigenvalue weighted by Gasteiger charge is -2.31. The van der Waals surface area contributed by atoms with Gasteiger partial charge in [0.15, 0.2) is 0 Å². The predicted molar refractivity (Wildman–Crippen MR) is 82.8 cm³/mol. The fraction of sp³-hybridized carbons (Fsp3) is 0.714. The number of nitrogens with two attached hydrogens (primary N) is 1. The van der Waals surface area contributed by atoms with Gasteiger partial charge in [-0.25, -0.2) is 15.8 Å². The Morgan fingerprint density at radius 3 is 2.50 bits per heavy atom. The van der Waals surface area contributed by atoms with Crippen molar-refractivity contribution in [1.82, 2.24) is 9.97 Å². The first kappa shape index (κ1) is 16.7. The van der Waals surface area contributed by atoms with Crippen molar-refractivity contribution in [2.24, 2.45) is 5.84 Å². The summed E-state index contributed by atoms with van der Waals surface area (Å²) < 4.78 is 5.22. The molecule has 0 radical (unpaired) electrons. The van der Waals surface area contributed by atoms with E-state index in [0.717, 1.165) is 37.4 Å². The van der Waals surface area contributed by atoms with E-state index >= 15 is 0 Å². The molecule has 20 heavy (non-hydrogen) atoms. The van der Waals surface area contributed by atoms with Crippen LogP contribution in [0, 0.1) is 0 Å². The van der Waals surface area contributed by atoms with Gasteiger partial charge in [0.05, 0.1) is 6.61 Å². The number of nitrogen functional groups attached to an aromatic ring is 1. The average Bonchev–Trinajstić information content (AvgIpc) is 2.50. The van der Waals surface area contributed by atoms with Gasteiger partial charge in [-0.1, -0.05) is 20.8 Å². The average molecular weight is 281 g/mol. The van der Waals surface area contributed by atoms with Crippen molar-refractivity contribution in [2.45, 2.75) is 46.1 Å². The monoisotopic (exact) mass is 281 g/mol. The normalized spacial score (nSPS) is 10.9. The van der Waals surface area contributed by atoms with Gasteiger partial charge in [-0.15, -0.1) is 0 Å². The fourth-order valence-electron chi connectivity index (χ4n) is 2.27. The standard InChI is InChI=1S/C14H27N5O/c1-5-11(6-2)19(8-9-20-4)14-10-13(18-15)16-12(7-3)17-14/h10-11H,5-9,15H2,1-4H3,(H,16,17,18). The van der Waals surface area contributed by atoms with Gasteiger partial charge in [-0.2, -0.15) is 0 Å². The van der Waals surface area contributed by atoms with Crippen LogP contribution in [0.5, 0.6) is 0 Å². The zero-order chi connectivity index (χ0) is 15.0. The van der Waals surface area contributed by atoms with Gasteiger partial charge < -0.3 is 15.1 Å². The molecule has 1 aromatic heterocycles. The van der Waals surface area contributed by atoms with Crippen LogP contribution in [0.4, 0.5) is 11.6 Å². The molecule has 0 atom stereocenters. The van der Waals surface area contributed by atoms with Gasteiger partial charge in [0.25, 0.3) is 0 Å². The Morgan fingerprint density at radius 1 is 1.30 bits per heavy atom. The molecule has 6 heteroatoms. The molecule has 114 valence electrons. The van der Waals surface area contributed by atoms with Crippen molar-refractivity contribution < 1.29 is 4.74 Å². The molecule has 1 rings (SSSR count). The number of rotatable bonds is 9. The van der Waals surface area contributed by atoms with Gasteiger partial charge >= 0.3 is 0 Å². The molecular formula is C14H27N5O. The second-order valence-electron chi connectivity index (χ2n) is 4.68. The predicted octanol–water partition coefficient (Wildman–Crippen LogP) is 1.97. The van der Waals surface area contributed by atoms with E-state index in [1.807, 2.05) is 13.0 Å². The summed E-state index contributed by atoms with van der Waals surface area (Å²) in [5.41, 5.74) is 2.62. The number of hydrogen-bond donors (Lipinski definition) is 2. The Kier molecular flexibility index (Phi) is 7.25. The van der Waals surface area contributed by atoms with Gasteiger partial charge in [-0.05, 0) is 12.8 Å². The highest BCUT2D eigenvalue weighted by molar-refractivity contribution is 5.49. The Balaban J connectivity index is 3.10. The fourth-order valence-corrected chi connectivity index (χ4v) is 2.27. The maximum absolute atomic E-state index is 5.50. The Hall–Kier alpha value is -1.40. The van der Waals surface area contributed by atoms with E-state index in [2.05, 4.69) is 34.1 Å². The van der Waals surface area contributed by atoms with Gasteiger partial charge in [0.2, 0.25) is 0 Å². The van der Waals surface area contributed by atoms with Crippen molar-refractivity contribution in [3.05, 3.63) is 11.9 Å². The van der Waals surface area contributed by atoms with Crippen molar-refractivity contribution in [1.29, 1.82) is 0 Å². The third-order valence-electron chi connectivity index (χ3n) is 3.44. The SMILES string of the molecule is CCc1nc(NN)cc(N(CCOC)C(CC)CC)n1. The second kappa shape index (κ2) is 8.71. The topological polar surface area (TPSA) is 76.3 Å². The third kappa shape index (κ3) is 4.31. The summed E-state index contributed by atoms with van der Waals surface area (Å²) in [6.45, 7) is 7.91. The van der Waals surface area contributed by atoms with Gasteiger partial charge in [0.1, 0.15) is 17.5 Å². The van der Waals surface area contributed by atoms with E-state index in [1.165, 1.54) is 0 Å². The number of hydrazine groups is 1. The molecule has 0 saturated heterocycles. The Labute approximate surface area is 121 Å². The molecule has 0 aromatic carbocycles. The second-order valence-corrected chi connectivity index (χ2v) is 4.68. The minimum atomic E-state index is 0.440. The first-order chi connectivity index (χ1) is 9.69. The van der Waals surface area contributed by atoms with Crippen molar-refractivity contribution in [3.8, 4) is 0 Å². The number of anilines is 2. The molecule has 0 aliphatic heterocycles. The number of aryl methyl sites for hydroxylation is 1. The van der Waals surface area contributed by atoms with Crippen molar-refractivity contribution >= 4 is 11.6 Å². The third-order valence-corrected chi connectivity index (χ3v) is 3.44. The molecule has 6 nitrogen and oxygen atoms in total. The van der Waals surface area contributed by atoms with Crippen LogP contribution in [0.3, 0.4) is 0 Å². The van der Waals surface area contributed by atoms with Gasteiger partial charge in [-0.3, -0.25) is 0 Å². The quantitative estimate of drug-likeness (QED) is 0.532. The number of ether oxygens (including phenoxy) is 1. The summed E-state index contributed by atoms with van der Waals surface area (Å²) in [7, 11) is 1.72. The van der Waals surface area contributed by atoms with E-state index < -0.39 is 0 Å². The van der Waals surface area contributed by atoms with Crippen LogP contribution in [0.15, 0.2) is 6.07 Å². The first-order valence-electron chi connectivity index (χ1n) is 7.30. The maximum Gasteiger partial charge on any atom is 0.145 e. The first-order valence-corrected chi connectivity index (χ1v) is 7.30. The maximum atomic E-state index is 5.50. The van der Waals surface area contributed by atoms with E-state index in [4.69, 9.17) is 10.6 Å². The lowest BCUT2D eigenvalue weighted by atomic mass is 10.1. The summed E-state index contributed by atoms with van der Waals surface area (Å²) in [5.74, 6) is 7.86. The van der Waals surface area contributed by atoms with Crippen LogP contribution in [0.2, 0.25) is 0 Å². The smallest absolute Gasteiger partial charge is 0.145 e. The molecule has 0 amide bonds. The van der Waals surface area contributed by atoms with E-state index in [9.17, 15) is 0 Å². The molecule has 1 aromatic rings. The molecule has 0 saturated carbocycles. The van der Waals surface area contributed by atoms with Crippen LogP contribution in [0.25, 0.3) is 0 Å². The largest absolute Gasteiger partial charge is 0.383 e. The number of nitrogens with zero attached hydrogens (tertiary/aromatic N) is 3. The molecular weight excluding hydrogens is 254 g/mol. The van der Waals surface area contributed by atoms with Crippen molar-refractivity contribution in [2.75, 3.05) is 30.6 Å². The number of nitrogens with one attached hydrogen (secondary N) is 1. The highest BCUT2D eigenvalue weighted by Crippen LogP contribution is 2.21. The number of hydrogen-bond acceptors (Lipinski definition) is 6. The zero-order valence-corrected chi connectivity index (χ0v) is 13.0. The van der Waals surface area contributed by atoms with Crippen LogP contribution >= 0.6 is 0 Å². The number of methoxy groups -OCH3 is 1. The Bertz CT molecular complexity index is 373. The van der Waals surface area contributed by atoms with Crippen molar-refractivity contribution in [3.63, 3.8) is 0 Å². The molecule has 1 heterocycles.